The first-order valence-corrected chi connectivity index (χ1v) is 6.28. The number of rotatable bonds is 5. The zero-order chi connectivity index (χ0) is 14.5. The smallest absolute Gasteiger partial charge is 0.251 e. The van der Waals surface area contributed by atoms with Crippen LogP contribution in [0.3, 0.4) is 0 Å². The maximum atomic E-state index is 12.1. The Morgan fingerprint density at radius 3 is 2.50 bits per heavy atom. The largest absolute Gasteiger partial charge is 0.493 e. The number of methoxy groups -OCH3 is 2. The van der Waals surface area contributed by atoms with E-state index in [1.807, 2.05) is 19.1 Å². The molecule has 0 unspecified atom stereocenters. The van der Waals surface area contributed by atoms with Gasteiger partial charge in [-0.1, -0.05) is 0 Å². The van der Waals surface area contributed by atoms with Crippen LogP contribution in [0.1, 0.15) is 21.7 Å². The number of aryl methyl sites for hydroxylation is 1. The van der Waals surface area contributed by atoms with E-state index >= 15 is 0 Å². The van der Waals surface area contributed by atoms with Crippen LogP contribution in [-0.2, 0) is 6.54 Å². The van der Waals surface area contributed by atoms with Crippen molar-refractivity contribution < 1.29 is 14.3 Å². The van der Waals surface area contributed by atoms with Crippen LogP contribution in [0, 0.1) is 6.92 Å². The number of carbonyl (C=O) groups excluding carboxylic acids is 1. The van der Waals surface area contributed by atoms with Gasteiger partial charge in [-0.15, -0.1) is 0 Å². The molecule has 5 nitrogen and oxygen atoms in total. The molecule has 0 radical (unpaired) electrons. The first kappa shape index (κ1) is 14.0. The molecule has 1 heterocycles. The van der Waals surface area contributed by atoms with Crippen LogP contribution in [0.2, 0.25) is 0 Å². The lowest BCUT2D eigenvalue weighted by Crippen LogP contribution is -2.23. The predicted molar refractivity (Wildman–Crippen MR) is 76.2 cm³/mol. The molecule has 0 aliphatic heterocycles. The van der Waals surface area contributed by atoms with Gasteiger partial charge in [-0.3, -0.25) is 4.79 Å². The highest BCUT2D eigenvalue weighted by atomic mass is 16.5. The van der Waals surface area contributed by atoms with E-state index in [9.17, 15) is 4.79 Å². The number of hydrogen-bond acceptors (Lipinski definition) is 3. The number of carbonyl (C=O) groups is 1. The molecule has 2 rings (SSSR count). The van der Waals surface area contributed by atoms with Crippen molar-refractivity contribution in [2.45, 2.75) is 13.5 Å². The number of aromatic amines is 1. The molecule has 1 amide bonds. The Bertz CT molecular complexity index is 605. The third kappa shape index (κ3) is 3.12. The van der Waals surface area contributed by atoms with Crippen LogP contribution in [0.15, 0.2) is 30.3 Å². The summed E-state index contributed by atoms with van der Waals surface area (Å²) in [5, 5.41) is 2.85. The summed E-state index contributed by atoms with van der Waals surface area (Å²) in [5.74, 6) is 0.984. The van der Waals surface area contributed by atoms with Gasteiger partial charge in [0.2, 0.25) is 0 Å². The molecule has 2 aromatic rings. The summed E-state index contributed by atoms with van der Waals surface area (Å²) in [7, 11) is 3.10. The van der Waals surface area contributed by atoms with Gasteiger partial charge in [0, 0.05) is 17.0 Å². The van der Waals surface area contributed by atoms with Gasteiger partial charge in [-0.2, -0.15) is 0 Å². The molecule has 0 spiro atoms. The molecule has 0 saturated heterocycles. The molecule has 0 aliphatic rings. The summed E-state index contributed by atoms with van der Waals surface area (Å²) in [6.45, 7) is 2.43. The summed E-state index contributed by atoms with van der Waals surface area (Å²) >= 11 is 0. The Labute approximate surface area is 117 Å². The van der Waals surface area contributed by atoms with E-state index in [0.29, 0.717) is 23.6 Å². The van der Waals surface area contributed by atoms with Crippen LogP contribution in [-0.4, -0.2) is 25.1 Å². The molecular weight excluding hydrogens is 256 g/mol. The SMILES string of the molecule is COc1ccc(C(=O)NCc2ccc(C)[nH]2)cc1OC. The van der Waals surface area contributed by atoms with Gasteiger partial charge in [0.15, 0.2) is 11.5 Å². The van der Waals surface area contributed by atoms with Crippen LogP contribution in [0.5, 0.6) is 11.5 Å². The Balaban J connectivity index is 2.05. The summed E-state index contributed by atoms with van der Waals surface area (Å²) in [6, 6.07) is 9.00. The van der Waals surface area contributed by atoms with Gasteiger partial charge in [0.05, 0.1) is 20.8 Å². The van der Waals surface area contributed by atoms with Crippen LogP contribution in [0.25, 0.3) is 0 Å². The fraction of sp³-hybridized carbons (Fsp3) is 0.267. The quantitative estimate of drug-likeness (QED) is 0.879. The van der Waals surface area contributed by atoms with Gasteiger partial charge in [-0.25, -0.2) is 0 Å². The van der Waals surface area contributed by atoms with Gasteiger partial charge in [0.25, 0.3) is 5.91 Å². The topological polar surface area (TPSA) is 63.3 Å². The van der Waals surface area contributed by atoms with Gasteiger partial charge >= 0.3 is 0 Å². The molecule has 0 atom stereocenters. The molecule has 20 heavy (non-hydrogen) atoms. The molecular formula is C15H18N2O3. The third-order valence-corrected chi connectivity index (χ3v) is 2.98. The van der Waals surface area contributed by atoms with Crippen molar-refractivity contribution in [3.05, 3.63) is 47.3 Å². The number of hydrogen-bond donors (Lipinski definition) is 2. The molecule has 106 valence electrons. The van der Waals surface area contributed by atoms with Crippen LogP contribution < -0.4 is 14.8 Å². The van der Waals surface area contributed by atoms with E-state index in [4.69, 9.17) is 9.47 Å². The first-order chi connectivity index (χ1) is 9.63. The fourth-order valence-corrected chi connectivity index (χ4v) is 1.92. The highest BCUT2D eigenvalue weighted by molar-refractivity contribution is 5.94. The van der Waals surface area contributed by atoms with Crippen molar-refractivity contribution in [2.24, 2.45) is 0 Å². The Hall–Kier alpha value is -2.43. The second-order valence-electron chi connectivity index (χ2n) is 4.42. The van der Waals surface area contributed by atoms with E-state index in [0.717, 1.165) is 11.4 Å². The minimum absolute atomic E-state index is 0.154. The molecule has 0 aliphatic carbocycles. The van der Waals surface area contributed by atoms with Crippen molar-refractivity contribution in [3.8, 4) is 11.5 Å². The Kier molecular flexibility index (Phi) is 4.30. The average Bonchev–Trinajstić information content (AvgIpc) is 2.89. The number of ether oxygens (including phenoxy) is 2. The van der Waals surface area contributed by atoms with Crippen molar-refractivity contribution in [1.82, 2.24) is 10.3 Å². The molecule has 2 N–H and O–H groups in total. The lowest BCUT2D eigenvalue weighted by Gasteiger charge is -2.09. The van der Waals surface area contributed by atoms with Gasteiger partial charge < -0.3 is 19.8 Å². The van der Waals surface area contributed by atoms with Crippen LogP contribution in [0.4, 0.5) is 0 Å². The minimum Gasteiger partial charge on any atom is -0.493 e. The normalized spacial score (nSPS) is 10.2. The van der Waals surface area contributed by atoms with Crippen LogP contribution >= 0.6 is 0 Å². The fourth-order valence-electron chi connectivity index (χ4n) is 1.92. The molecule has 5 heteroatoms. The number of nitrogens with one attached hydrogen (secondary N) is 2. The monoisotopic (exact) mass is 274 g/mol. The van der Waals surface area contributed by atoms with Crippen molar-refractivity contribution in [1.29, 1.82) is 0 Å². The lowest BCUT2D eigenvalue weighted by molar-refractivity contribution is 0.0950. The first-order valence-electron chi connectivity index (χ1n) is 6.28. The van der Waals surface area contributed by atoms with E-state index in [1.165, 1.54) is 0 Å². The van der Waals surface area contributed by atoms with Gasteiger partial charge in [0.1, 0.15) is 0 Å². The third-order valence-electron chi connectivity index (χ3n) is 2.98. The Morgan fingerprint density at radius 2 is 1.90 bits per heavy atom. The summed E-state index contributed by atoms with van der Waals surface area (Å²) < 4.78 is 10.3. The van der Waals surface area contributed by atoms with E-state index in [-0.39, 0.29) is 5.91 Å². The van der Waals surface area contributed by atoms with Crippen molar-refractivity contribution in [3.63, 3.8) is 0 Å². The van der Waals surface area contributed by atoms with Crippen molar-refractivity contribution >= 4 is 5.91 Å². The zero-order valence-electron chi connectivity index (χ0n) is 11.8. The maximum Gasteiger partial charge on any atom is 0.251 e. The predicted octanol–water partition coefficient (Wildman–Crippen LogP) is 2.27. The summed E-state index contributed by atoms with van der Waals surface area (Å²) in [4.78, 5) is 15.2. The number of H-pyrrole nitrogens is 1. The highest BCUT2D eigenvalue weighted by Gasteiger charge is 2.10. The van der Waals surface area contributed by atoms with E-state index in [1.54, 1.807) is 32.4 Å². The standard InChI is InChI=1S/C15H18N2O3/c1-10-4-6-12(17-10)9-16-15(18)11-5-7-13(19-2)14(8-11)20-3/h4-8,17H,9H2,1-3H3,(H,16,18). The Morgan fingerprint density at radius 1 is 1.15 bits per heavy atom. The number of amides is 1. The second kappa shape index (κ2) is 6.14. The highest BCUT2D eigenvalue weighted by Crippen LogP contribution is 2.27. The summed E-state index contributed by atoms with van der Waals surface area (Å²) in [5.41, 5.74) is 2.57. The molecule has 0 bridgehead atoms. The molecule has 1 aromatic heterocycles. The van der Waals surface area contributed by atoms with E-state index < -0.39 is 0 Å². The minimum atomic E-state index is -0.154. The zero-order valence-corrected chi connectivity index (χ0v) is 11.8. The van der Waals surface area contributed by atoms with Gasteiger partial charge in [-0.05, 0) is 37.3 Å². The molecule has 0 fully saturated rings. The maximum absolute atomic E-state index is 12.1. The molecule has 1 aromatic carbocycles. The number of aromatic nitrogens is 1. The average molecular weight is 274 g/mol. The van der Waals surface area contributed by atoms with E-state index in [2.05, 4.69) is 10.3 Å². The lowest BCUT2D eigenvalue weighted by atomic mass is 10.2. The summed E-state index contributed by atoms with van der Waals surface area (Å²) in [6.07, 6.45) is 0. The molecule has 0 saturated carbocycles. The number of benzene rings is 1. The second-order valence-corrected chi connectivity index (χ2v) is 4.42. The van der Waals surface area contributed by atoms with Crippen molar-refractivity contribution in [2.75, 3.05) is 14.2 Å².